The number of hydrogen-bond acceptors (Lipinski definition) is 5. The third kappa shape index (κ3) is 3.24. The third-order valence-corrected chi connectivity index (χ3v) is 3.26. The number of anilines is 3. The molecule has 1 fully saturated rings. The van der Waals surface area contributed by atoms with Crippen LogP contribution in [-0.2, 0) is 0 Å². The Morgan fingerprint density at radius 1 is 1.17 bits per heavy atom. The average Bonchev–Trinajstić information content (AvgIpc) is 2.35. The van der Waals surface area contributed by atoms with Crippen LogP contribution in [0.5, 0.6) is 0 Å². The first-order valence-corrected chi connectivity index (χ1v) is 6.80. The lowest BCUT2D eigenvalue weighted by atomic mass is 9.95. The maximum absolute atomic E-state index is 6.10. The van der Waals surface area contributed by atoms with Gasteiger partial charge in [-0.05, 0) is 26.7 Å². The molecule has 1 aromatic rings. The molecule has 0 aromatic carbocycles. The summed E-state index contributed by atoms with van der Waals surface area (Å²) < 4.78 is 0. The number of rotatable bonds is 4. The molecule has 2 rings (SSSR count). The van der Waals surface area contributed by atoms with Crippen LogP contribution in [0.15, 0.2) is 6.33 Å². The molecule has 1 heterocycles. The Hall–Kier alpha value is -1.52. The van der Waals surface area contributed by atoms with Crippen molar-refractivity contribution >= 4 is 17.3 Å². The summed E-state index contributed by atoms with van der Waals surface area (Å²) in [5.74, 6) is 1.48. The number of nitrogen functional groups attached to an aromatic ring is 1. The molecule has 0 unspecified atom stereocenters. The highest BCUT2D eigenvalue weighted by Gasteiger charge is 2.16. The van der Waals surface area contributed by atoms with Crippen LogP contribution in [0.3, 0.4) is 0 Å². The van der Waals surface area contributed by atoms with Gasteiger partial charge in [0.25, 0.3) is 0 Å². The van der Waals surface area contributed by atoms with Gasteiger partial charge in [0.05, 0.1) is 0 Å². The number of nitrogens with zero attached hydrogens (tertiary/aromatic N) is 2. The minimum atomic E-state index is 0.310. The van der Waals surface area contributed by atoms with Gasteiger partial charge in [-0.15, -0.1) is 0 Å². The quantitative estimate of drug-likeness (QED) is 0.764. The van der Waals surface area contributed by atoms with Gasteiger partial charge in [0.15, 0.2) is 11.6 Å². The van der Waals surface area contributed by atoms with Gasteiger partial charge in [-0.2, -0.15) is 0 Å². The summed E-state index contributed by atoms with van der Waals surface area (Å²) >= 11 is 0. The van der Waals surface area contributed by atoms with Crippen LogP contribution in [0.1, 0.15) is 46.0 Å². The zero-order valence-electron chi connectivity index (χ0n) is 11.2. The molecular formula is C13H23N5. The molecule has 0 saturated heterocycles. The topological polar surface area (TPSA) is 75.9 Å². The number of nitrogens with one attached hydrogen (secondary N) is 2. The molecule has 100 valence electrons. The summed E-state index contributed by atoms with van der Waals surface area (Å²) in [5, 5.41) is 6.68. The summed E-state index contributed by atoms with van der Waals surface area (Å²) in [5.41, 5.74) is 6.72. The van der Waals surface area contributed by atoms with E-state index in [2.05, 4.69) is 34.4 Å². The highest BCUT2D eigenvalue weighted by molar-refractivity contribution is 5.74. The SMILES string of the molecule is CC(C)Nc1ncnc(NC2CCCCC2)c1N. The fraction of sp³-hybridized carbons (Fsp3) is 0.692. The summed E-state index contributed by atoms with van der Waals surface area (Å²) in [6.07, 6.45) is 7.90. The molecule has 5 nitrogen and oxygen atoms in total. The van der Waals surface area contributed by atoms with Crippen molar-refractivity contribution in [3.8, 4) is 0 Å². The molecule has 0 bridgehead atoms. The standard InChI is InChI=1S/C13H23N5/c1-9(2)17-12-11(14)13(16-8-15-12)18-10-6-4-3-5-7-10/h8-10H,3-7,14H2,1-2H3,(H2,15,16,17,18). The molecule has 0 aliphatic heterocycles. The molecule has 1 aliphatic rings. The molecule has 1 aliphatic carbocycles. The van der Waals surface area contributed by atoms with E-state index in [1.807, 2.05) is 0 Å². The van der Waals surface area contributed by atoms with Gasteiger partial charge in [-0.25, -0.2) is 9.97 Å². The van der Waals surface area contributed by atoms with E-state index in [1.54, 1.807) is 6.33 Å². The first kappa shape index (κ1) is 12.9. The van der Waals surface area contributed by atoms with Crippen LogP contribution in [-0.4, -0.2) is 22.1 Å². The Kier molecular flexibility index (Phi) is 4.23. The summed E-state index contributed by atoms with van der Waals surface area (Å²) in [7, 11) is 0. The van der Waals surface area contributed by atoms with Gasteiger partial charge in [-0.1, -0.05) is 19.3 Å². The summed E-state index contributed by atoms with van der Waals surface area (Å²) in [6, 6.07) is 0.813. The molecule has 0 radical (unpaired) electrons. The lowest BCUT2D eigenvalue weighted by Crippen LogP contribution is -2.24. The van der Waals surface area contributed by atoms with E-state index < -0.39 is 0 Å². The fourth-order valence-electron chi connectivity index (χ4n) is 2.34. The maximum Gasteiger partial charge on any atom is 0.155 e. The minimum absolute atomic E-state index is 0.310. The van der Waals surface area contributed by atoms with Crippen LogP contribution in [0.25, 0.3) is 0 Å². The maximum atomic E-state index is 6.10. The molecule has 4 N–H and O–H groups in total. The smallest absolute Gasteiger partial charge is 0.155 e. The van der Waals surface area contributed by atoms with Crippen molar-refractivity contribution in [1.82, 2.24) is 9.97 Å². The van der Waals surface area contributed by atoms with Gasteiger partial charge in [-0.3, -0.25) is 0 Å². The van der Waals surface area contributed by atoms with E-state index in [-0.39, 0.29) is 0 Å². The predicted octanol–water partition coefficient (Wildman–Crippen LogP) is 2.62. The molecule has 0 atom stereocenters. The molecule has 0 amide bonds. The van der Waals surface area contributed by atoms with E-state index in [0.29, 0.717) is 17.8 Å². The fourth-order valence-corrected chi connectivity index (χ4v) is 2.34. The van der Waals surface area contributed by atoms with Crippen molar-refractivity contribution in [1.29, 1.82) is 0 Å². The molecule has 1 aromatic heterocycles. The van der Waals surface area contributed by atoms with Crippen LogP contribution < -0.4 is 16.4 Å². The van der Waals surface area contributed by atoms with Gasteiger partial charge in [0.1, 0.15) is 12.0 Å². The van der Waals surface area contributed by atoms with Crippen molar-refractivity contribution in [2.24, 2.45) is 0 Å². The lowest BCUT2D eigenvalue weighted by Gasteiger charge is -2.24. The molecule has 18 heavy (non-hydrogen) atoms. The summed E-state index contributed by atoms with van der Waals surface area (Å²) in [6.45, 7) is 4.13. The molecule has 0 spiro atoms. The Bertz CT molecular complexity index is 385. The van der Waals surface area contributed by atoms with Gasteiger partial charge < -0.3 is 16.4 Å². The van der Waals surface area contributed by atoms with E-state index in [0.717, 1.165) is 11.6 Å². The highest BCUT2D eigenvalue weighted by Crippen LogP contribution is 2.27. The van der Waals surface area contributed by atoms with Crippen LogP contribution in [0, 0.1) is 0 Å². The van der Waals surface area contributed by atoms with Crippen LogP contribution >= 0.6 is 0 Å². The highest BCUT2D eigenvalue weighted by atomic mass is 15.1. The number of aromatic nitrogens is 2. The lowest BCUT2D eigenvalue weighted by molar-refractivity contribution is 0.462. The monoisotopic (exact) mass is 249 g/mol. The van der Waals surface area contributed by atoms with Gasteiger partial charge in [0.2, 0.25) is 0 Å². The first-order chi connectivity index (χ1) is 8.66. The second-order valence-corrected chi connectivity index (χ2v) is 5.26. The molecule has 5 heteroatoms. The van der Waals surface area contributed by atoms with Crippen molar-refractivity contribution in [2.45, 2.75) is 58.0 Å². The van der Waals surface area contributed by atoms with E-state index >= 15 is 0 Å². The first-order valence-electron chi connectivity index (χ1n) is 6.80. The van der Waals surface area contributed by atoms with E-state index in [9.17, 15) is 0 Å². The number of nitrogens with two attached hydrogens (primary N) is 1. The Morgan fingerprint density at radius 2 is 1.83 bits per heavy atom. The third-order valence-electron chi connectivity index (χ3n) is 3.26. The van der Waals surface area contributed by atoms with E-state index in [4.69, 9.17) is 5.73 Å². The van der Waals surface area contributed by atoms with Crippen molar-refractivity contribution in [2.75, 3.05) is 16.4 Å². The normalized spacial score (nSPS) is 16.8. The van der Waals surface area contributed by atoms with Crippen molar-refractivity contribution in [3.63, 3.8) is 0 Å². The van der Waals surface area contributed by atoms with Gasteiger partial charge >= 0.3 is 0 Å². The Morgan fingerprint density at radius 3 is 2.50 bits per heavy atom. The largest absolute Gasteiger partial charge is 0.393 e. The predicted molar refractivity (Wildman–Crippen MR) is 75.7 cm³/mol. The van der Waals surface area contributed by atoms with Gasteiger partial charge in [0, 0.05) is 12.1 Å². The Balaban J connectivity index is 2.07. The second-order valence-electron chi connectivity index (χ2n) is 5.26. The van der Waals surface area contributed by atoms with Crippen molar-refractivity contribution in [3.05, 3.63) is 6.33 Å². The molecular weight excluding hydrogens is 226 g/mol. The Labute approximate surface area is 109 Å². The van der Waals surface area contributed by atoms with Crippen LogP contribution in [0.4, 0.5) is 17.3 Å². The zero-order chi connectivity index (χ0) is 13.0. The molecule has 1 saturated carbocycles. The number of hydrogen-bond donors (Lipinski definition) is 3. The van der Waals surface area contributed by atoms with E-state index in [1.165, 1.54) is 32.1 Å². The van der Waals surface area contributed by atoms with Crippen LogP contribution in [0.2, 0.25) is 0 Å². The minimum Gasteiger partial charge on any atom is -0.393 e. The zero-order valence-corrected chi connectivity index (χ0v) is 11.2. The second kappa shape index (κ2) is 5.89. The summed E-state index contributed by atoms with van der Waals surface area (Å²) in [4.78, 5) is 8.44. The van der Waals surface area contributed by atoms with Crippen molar-refractivity contribution < 1.29 is 0 Å². The average molecular weight is 249 g/mol.